The molecule has 0 aliphatic carbocycles. The largest absolute Gasteiger partial charge is 0.347 e. The van der Waals surface area contributed by atoms with E-state index >= 15 is 0 Å². The van der Waals surface area contributed by atoms with Gasteiger partial charge in [0.15, 0.2) is 5.82 Å². The van der Waals surface area contributed by atoms with Gasteiger partial charge >= 0.3 is 0 Å². The summed E-state index contributed by atoms with van der Waals surface area (Å²) in [4.78, 5) is 8.86. The molecule has 2 aromatic rings. The number of aromatic amines is 1. The summed E-state index contributed by atoms with van der Waals surface area (Å²) in [5.41, 5.74) is 0. The van der Waals surface area contributed by atoms with Gasteiger partial charge in [-0.3, -0.25) is 0 Å². The number of rotatable bonds is 6. The van der Waals surface area contributed by atoms with Gasteiger partial charge in [0.05, 0.1) is 13.1 Å². The zero-order valence-electron chi connectivity index (χ0n) is 10.1. The third kappa shape index (κ3) is 3.10. The van der Waals surface area contributed by atoms with Crippen molar-refractivity contribution in [2.45, 2.75) is 25.8 Å². The standard InChI is InChI=1S/C10H17N7/c1-3-4-11-8(10-12-5-6-13-10)7-9-14-16-17(2)15-9/h5-6,8,11H,3-4,7H2,1-2H3,(H,12,13). The molecule has 17 heavy (non-hydrogen) atoms. The highest BCUT2D eigenvalue weighted by Crippen LogP contribution is 2.11. The normalized spacial score (nSPS) is 12.8. The van der Waals surface area contributed by atoms with Gasteiger partial charge in [-0.15, -0.1) is 10.2 Å². The van der Waals surface area contributed by atoms with Gasteiger partial charge in [0, 0.05) is 18.8 Å². The molecule has 2 aromatic heterocycles. The number of imidazole rings is 1. The second-order valence-electron chi connectivity index (χ2n) is 3.88. The van der Waals surface area contributed by atoms with Crippen molar-refractivity contribution in [1.82, 2.24) is 35.5 Å². The molecule has 0 amide bonds. The molecule has 1 atom stereocenters. The topological polar surface area (TPSA) is 84.3 Å². The quantitative estimate of drug-likeness (QED) is 0.748. The smallest absolute Gasteiger partial charge is 0.176 e. The molecule has 0 saturated carbocycles. The van der Waals surface area contributed by atoms with Crippen LogP contribution >= 0.6 is 0 Å². The molecule has 2 rings (SSSR count). The van der Waals surface area contributed by atoms with Crippen LogP contribution in [0.4, 0.5) is 0 Å². The van der Waals surface area contributed by atoms with Gasteiger partial charge in [0.2, 0.25) is 0 Å². The summed E-state index contributed by atoms with van der Waals surface area (Å²) in [6, 6.07) is 0.106. The maximum Gasteiger partial charge on any atom is 0.176 e. The molecular weight excluding hydrogens is 218 g/mol. The van der Waals surface area contributed by atoms with E-state index in [1.54, 1.807) is 13.2 Å². The van der Waals surface area contributed by atoms with E-state index in [4.69, 9.17) is 0 Å². The van der Waals surface area contributed by atoms with E-state index in [9.17, 15) is 0 Å². The SMILES string of the molecule is CCCNC(Cc1nnn(C)n1)c1ncc[nH]1. The lowest BCUT2D eigenvalue weighted by molar-refractivity contribution is 0.497. The first-order chi connectivity index (χ1) is 8.29. The fraction of sp³-hybridized carbons (Fsp3) is 0.600. The maximum atomic E-state index is 4.27. The number of aryl methyl sites for hydroxylation is 1. The summed E-state index contributed by atoms with van der Waals surface area (Å²) in [5.74, 6) is 1.63. The highest BCUT2D eigenvalue weighted by Gasteiger charge is 2.16. The zero-order valence-corrected chi connectivity index (χ0v) is 10.1. The number of hydrogen-bond donors (Lipinski definition) is 2. The van der Waals surface area contributed by atoms with Crippen molar-refractivity contribution in [2.75, 3.05) is 6.54 Å². The van der Waals surface area contributed by atoms with Crippen LogP contribution in [0.5, 0.6) is 0 Å². The van der Waals surface area contributed by atoms with Gasteiger partial charge in [-0.2, -0.15) is 4.80 Å². The van der Waals surface area contributed by atoms with Gasteiger partial charge in [-0.25, -0.2) is 4.98 Å². The first-order valence-electron chi connectivity index (χ1n) is 5.75. The van der Waals surface area contributed by atoms with E-state index in [0.717, 1.165) is 24.6 Å². The van der Waals surface area contributed by atoms with E-state index < -0.39 is 0 Å². The average molecular weight is 235 g/mol. The molecule has 0 saturated heterocycles. The van der Waals surface area contributed by atoms with Crippen LogP contribution in [0, 0.1) is 0 Å². The molecule has 0 radical (unpaired) electrons. The number of nitrogens with one attached hydrogen (secondary N) is 2. The van der Waals surface area contributed by atoms with Crippen molar-refractivity contribution in [2.24, 2.45) is 7.05 Å². The monoisotopic (exact) mass is 235 g/mol. The Morgan fingerprint density at radius 2 is 2.41 bits per heavy atom. The van der Waals surface area contributed by atoms with Gasteiger partial charge in [-0.05, 0) is 18.2 Å². The lowest BCUT2D eigenvalue weighted by Crippen LogP contribution is -2.25. The predicted molar refractivity (Wildman–Crippen MR) is 62.1 cm³/mol. The molecule has 0 fully saturated rings. The van der Waals surface area contributed by atoms with Crippen LogP contribution in [0.25, 0.3) is 0 Å². The van der Waals surface area contributed by atoms with Crippen LogP contribution in [0.3, 0.4) is 0 Å². The van der Waals surface area contributed by atoms with E-state index in [1.807, 2.05) is 6.20 Å². The second-order valence-corrected chi connectivity index (χ2v) is 3.88. The fourth-order valence-corrected chi connectivity index (χ4v) is 1.64. The van der Waals surface area contributed by atoms with Gasteiger partial charge in [-0.1, -0.05) is 6.92 Å². The molecule has 0 aliphatic rings. The van der Waals surface area contributed by atoms with E-state index in [2.05, 4.69) is 37.6 Å². The summed E-state index contributed by atoms with van der Waals surface area (Å²) in [7, 11) is 1.76. The maximum absolute atomic E-state index is 4.27. The third-order valence-corrected chi connectivity index (χ3v) is 2.43. The number of tetrazole rings is 1. The highest BCUT2D eigenvalue weighted by molar-refractivity contribution is 4.99. The summed E-state index contributed by atoms with van der Waals surface area (Å²) >= 11 is 0. The molecule has 0 spiro atoms. The van der Waals surface area contributed by atoms with Crippen molar-refractivity contribution >= 4 is 0 Å². The number of H-pyrrole nitrogens is 1. The van der Waals surface area contributed by atoms with Crippen molar-refractivity contribution in [3.8, 4) is 0 Å². The van der Waals surface area contributed by atoms with Crippen LogP contribution in [0.1, 0.15) is 31.0 Å². The van der Waals surface area contributed by atoms with Crippen molar-refractivity contribution < 1.29 is 0 Å². The lowest BCUT2D eigenvalue weighted by Gasteiger charge is -2.14. The average Bonchev–Trinajstić information content (AvgIpc) is 2.95. The Labute approximate surface area is 99.6 Å². The summed E-state index contributed by atoms with van der Waals surface area (Å²) in [6.45, 7) is 3.07. The second kappa shape index (κ2) is 5.53. The fourth-order valence-electron chi connectivity index (χ4n) is 1.64. The molecule has 2 N–H and O–H groups in total. The number of aromatic nitrogens is 6. The minimum absolute atomic E-state index is 0.106. The van der Waals surface area contributed by atoms with Gasteiger partial charge in [0.1, 0.15) is 5.82 Å². The Balaban J connectivity index is 2.05. The van der Waals surface area contributed by atoms with Crippen LogP contribution in [0.2, 0.25) is 0 Å². The van der Waals surface area contributed by atoms with E-state index in [-0.39, 0.29) is 6.04 Å². The Bertz CT molecular complexity index is 433. The van der Waals surface area contributed by atoms with Crippen LogP contribution < -0.4 is 5.32 Å². The third-order valence-electron chi connectivity index (χ3n) is 2.43. The molecular formula is C10H17N7. The summed E-state index contributed by atoms with van der Waals surface area (Å²) in [6.07, 6.45) is 5.33. The first kappa shape index (κ1) is 11.7. The molecule has 1 unspecified atom stereocenters. The van der Waals surface area contributed by atoms with Crippen molar-refractivity contribution in [1.29, 1.82) is 0 Å². The van der Waals surface area contributed by atoms with Crippen LogP contribution in [0.15, 0.2) is 12.4 Å². The Hall–Kier alpha value is -1.76. The van der Waals surface area contributed by atoms with Gasteiger partial charge < -0.3 is 10.3 Å². The Kier molecular flexibility index (Phi) is 3.81. The zero-order chi connectivity index (χ0) is 12.1. The van der Waals surface area contributed by atoms with E-state index in [0.29, 0.717) is 6.42 Å². The van der Waals surface area contributed by atoms with Crippen molar-refractivity contribution in [3.05, 3.63) is 24.0 Å². The number of nitrogens with zero attached hydrogens (tertiary/aromatic N) is 5. The minimum atomic E-state index is 0.106. The van der Waals surface area contributed by atoms with Gasteiger partial charge in [0.25, 0.3) is 0 Å². The highest BCUT2D eigenvalue weighted by atomic mass is 15.6. The molecule has 0 bridgehead atoms. The Morgan fingerprint density at radius 1 is 1.53 bits per heavy atom. The lowest BCUT2D eigenvalue weighted by atomic mass is 10.2. The van der Waals surface area contributed by atoms with Crippen molar-refractivity contribution in [3.63, 3.8) is 0 Å². The molecule has 0 aliphatic heterocycles. The first-order valence-corrected chi connectivity index (χ1v) is 5.75. The van der Waals surface area contributed by atoms with Crippen LogP contribution in [-0.4, -0.2) is 36.7 Å². The number of hydrogen-bond acceptors (Lipinski definition) is 5. The molecule has 2 heterocycles. The minimum Gasteiger partial charge on any atom is -0.347 e. The van der Waals surface area contributed by atoms with Crippen LogP contribution in [-0.2, 0) is 13.5 Å². The predicted octanol–water partition coefficient (Wildman–Crippen LogP) is 0.217. The molecule has 0 aromatic carbocycles. The molecule has 92 valence electrons. The van der Waals surface area contributed by atoms with E-state index in [1.165, 1.54) is 4.80 Å². The molecule has 7 heteroatoms. The molecule has 7 nitrogen and oxygen atoms in total. The summed E-state index contributed by atoms with van der Waals surface area (Å²) in [5, 5.41) is 15.4. The Morgan fingerprint density at radius 3 is 3.00 bits per heavy atom. The summed E-state index contributed by atoms with van der Waals surface area (Å²) < 4.78 is 0.